The Balaban J connectivity index is 1.46. The van der Waals surface area contributed by atoms with Crippen LogP contribution < -0.4 is 15.8 Å². The molecule has 1 fully saturated rings. The molecule has 4 rings (SSSR count). The Hall–Kier alpha value is -3.20. The van der Waals surface area contributed by atoms with Crippen LogP contribution in [-0.2, 0) is 14.8 Å². The summed E-state index contributed by atoms with van der Waals surface area (Å²) in [6.45, 7) is 0. The molecule has 0 heterocycles. The SMILES string of the molecule is NS(=O)(=O)c1ccccc1-c1ccc(C(=O)N[C@@H]2CCCC[C@H]2C(=O)Nc2ccc(Cl)cc2)cc1. The Bertz CT molecular complexity index is 1330. The van der Waals surface area contributed by atoms with Crippen molar-refractivity contribution in [3.05, 3.63) is 83.4 Å². The van der Waals surface area contributed by atoms with E-state index >= 15 is 0 Å². The monoisotopic (exact) mass is 511 g/mol. The van der Waals surface area contributed by atoms with Gasteiger partial charge in [-0.05, 0) is 60.9 Å². The summed E-state index contributed by atoms with van der Waals surface area (Å²) in [5.41, 5.74) is 2.17. The van der Waals surface area contributed by atoms with E-state index in [0.717, 1.165) is 12.8 Å². The number of hydrogen-bond acceptors (Lipinski definition) is 4. The smallest absolute Gasteiger partial charge is 0.251 e. The summed E-state index contributed by atoms with van der Waals surface area (Å²) >= 11 is 5.92. The van der Waals surface area contributed by atoms with Gasteiger partial charge in [0.1, 0.15) is 0 Å². The number of anilines is 1. The van der Waals surface area contributed by atoms with Crippen LogP contribution in [0.25, 0.3) is 11.1 Å². The van der Waals surface area contributed by atoms with E-state index in [2.05, 4.69) is 10.6 Å². The molecule has 2 amide bonds. The van der Waals surface area contributed by atoms with Crippen LogP contribution in [0.2, 0.25) is 5.02 Å². The van der Waals surface area contributed by atoms with E-state index in [-0.39, 0.29) is 28.7 Å². The third kappa shape index (κ3) is 6.08. The Morgan fingerprint density at radius 2 is 1.54 bits per heavy atom. The molecule has 2 atom stereocenters. The number of hydrogen-bond donors (Lipinski definition) is 3. The third-order valence-corrected chi connectivity index (χ3v) is 7.40. The van der Waals surface area contributed by atoms with Gasteiger partial charge in [0.05, 0.1) is 10.8 Å². The molecule has 0 radical (unpaired) electrons. The number of primary sulfonamides is 1. The fourth-order valence-corrected chi connectivity index (χ4v) is 5.28. The standard InChI is InChI=1S/C26H26ClN3O4S/c27-19-13-15-20(16-14-19)29-26(32)22-6-1-3-7-23(22)30-25(31)18-11-9-17(10-12-18)21-5-2-4-8-24(21)35(28,33)34/h2,4-5,8-16,22-23H,1,3,6-7H2,(H,29,32)(H,30,31)(H2,28,33,34)/t22-,23-/m1/s1. The van der Waals surface area contributed by atoms with Crippen LogP contribution in [0.3, 0.4) is 0 Å². The summed E-state index contributed by atoms with van der Waals surface area (Å²) in [5, 5.41) is 11.9. The molecule has 1 saturated carbocycles. The predicted octanol–water partition coefficient (Wildman–Crippen LogP) is 4.58. The second-order valence-corrected chi connectivity index (χ2v) is 10.6. The molecule has 35 heavy (non-hydrogen) atoms. The highest BCUT2D eigenvalue weighted by Crippen LogP contribution is 2.28. The average Bonchev–Trinajstić information content (AvgIpc) is 2.85. The maximum atomic E-state index is 13.0. The lowest BCUT2D eigenvalue weighted by Crippen LogP contribution is -2.46. The number of benzene rings is 3. The molecular formula is C26H26ClN3O4S. The molecule has 3 aromatic rings. The van der Waals surface area contributed by atoms with Crippen LogP contribution >= 0.6 is 11.6 Å². The molecule has 9 heteroatoms. The summed E-state index contributed by atoms with van der Waals surface area (Å²) in [6.07, 6.45) is 3.25. The predicted molar refractivity (Wildman–Crippen MR) is 137 cm³/mol. The molecule has 0 aromatic heterocycles. The van der Waals surface area contributed by atoms with Crippen molar-refractivity contribution in [1.82, 2.24) is 5.32 Å². The Morgan fingerprint density at radius 1 is 0.886 bits per heavy atom. The quantitative estimate of drug-likeness (QED) is 0.448. The molecule has 4 N–H and O–H groups in total. The van der Waals surface area contributed by atoms with Crippen molar-refractivity contribution in [1.29, 1.82) is 0 Å². The summed E-state index contributed by atoms with van der Waals surface area (Å²) < 4.78 is 23.8. The number of sulfonamides is 1. The van der Waals surface area contributed by atoms with Crippen LogP contribution in [0.4, 0.5) is 5.69 Å². The molecule has 0 spiro atoms. The highest BCUT2D eigenvalue weighted by molar-refractivity contribution is 7.89. The van der Waals surface area contributed by atoms with Crippen molar-refractivity contribution in [3.8, 4) is 11.1 Å². The minimum absolute atomic E-state index is 0.0222. The van der Waals surface area contributed by atoms with Gasteiger partial charge < -0.3 is 10.6 Å². The van der Waals surface area contributed by atoms with Gasteiger partial charge in [0, 0.05) is 27.9 Å². The summed E-state index contributed by atoms with van der Waals surface area (Å²) in [6, 6.07) is 19.7. The zero-order valence-corrected chi connectivity index (χ0v) is 20.5. The Kier molecular flexibility index (Phi) is 7.54. The second-order valence-electron chi connectivity index (χ2n) is 8.59. The summed E-state index contributed by atoms with van der Waals surface area (Å²) in [7, 11) is -3.89. The van der Waals surface area contributed by atoms with Gasteiger partial charge in [0.15, 0.2) is 0 Å². The molecule has 3 aromatic carbocycles. The molecular weight excluding hydrogens is 486 g/mol. The van der Waals surface area contributed by atoms with Crippen molar-refractivity contribution in [3.63, 3.8) is 0 Å². The maximum absolute atomic E-state index is 13.0. The highest BCUT2D eigenvalue weighted by atomic mass is 35.5. The van der Waals surface area contributed by atoms with Gasteiger partial charge in [-0.2, -0.15) is 0 Å². The van der Waals surface area contributed by atoms with Crippen molar-refractivity contribution >= 4 is 39.1 Å². The van der Waals surface area contributed by atoms with E-state index in [1.54, 1.807) is 66.7 Å². The minimum Gasteiger partial charge on any atom is -0.349 e. The number of rotatable bonds is 6. The second kappa shape index (κ2) is 10.6. The van der Waals surface area contributed by atoms with Gasteiger partial charge in [-0.1, -0.05) is 54.8 Å². The van der Waals surface area contributed by atoms with Gasteiger partial charge in [0.25, 0.3) is 5.91 Å². The topological polar surface area (TPSA) is 118 Å². The van der Waals surface area contributed by atoms with E-state index < -0.39 is 10.0 Å². The van der Waals surface area contributed by atoms with Crippen LogP contribution in [-0.4, -0.2) is 26.3 Å². The first-order valence-corrected chi connectivity index (χ1v) is 13.2. The lowest BCUT2D eigenvalue weighted by Gasteiger charge is -2.31. The largest absolute Gasteiger partial charge is 0.349 e. The van der Waals surface area contributed by atoms with Crippen molar-refractivity contribution in [2.75, 3.05) is 5.32 Å². The van der Waals surface area contributed by atoms with Gasteiger partial charge in [-0.3, -0.25) is 9.59 Å². The van der Waals surface area contributed by atoms with Crippen LogP contribution in [0.1, 0.15) is 36.0 Å². The molecule has 0 aliphatic heterocycles. The van der Waals surface area contributed by atoms with Gasteiger partial charge >= 0.3 is 0 Å². The number of carbonyl (C=O) groups is 2. The van der Waals surface area contributed by atoms with Crippen LogP contribution in [0, 0.1) is 5.92 Å². The molecule has 182 valence electrons. The Morgan fingerprint density at radius 3 is 2.23 bits per heavy atom. The maximum Gasteiger partial charge on any atom is 0.251 e. The molecule has 1 aliphatic carbocycles. The molecule has 7 nitrogen and oxygen atoms in total. The zero-order valence-electron chi connectivity index (χ0n) is 18.9. The lowest BCUT2D eigenvalue weighted by molar-refractivity contribution is -0.121. The highest BCUT2D eigenvalue weighted by Gasteiger charge is 2.32. The fraction of sp³-hybridized carbons (Fsp3) is 0.231. The number of carbonyl (C=O) groups excluding carboxylic acids is 2. The Labute approximate surface area is 209 Å². The number of halogens is 1. The lowest BCUT2D eigenvalue weighted by atomic mass is 9.83. The van der Waals surface area contributed by atoms with Gasteiger partial charge in [-0.15, -0.1) is 0 Å². The first kappa shape index (κ1) is 24.9. The molecule has 0 saturated heterocycles. The minimum atomic E-state index is -3.89. The normalized spacial score (nSPS) is 18.0. The first-order chi connectivity index (χ1) is 16.7. The first-order valence-electron chi connectivity index (χ1n) is 11.3. The van der Waals surface area contributed by atoms with Crippen molar-refractivity contribution < 1.29 is 18.0 Å². The van der Waals surface area contributed by atoms with E-state index in [1.165, 1.54) is 6.07 Å². The number of amides is 2. The molecule has 1 aliphatic rings. The zero-order chi connectivity index (χ0) is 25.0. The molecule has 0 unspecified atom stereocenters. The van der Waals surface area contributed by atoms with Crippen LogP contribution in [0.15, 0.2) is 77.7 Å². The average molecular weight is 512 g/mol. The van der Waals surface area contributed by atoms with Gasteiger partial charge in [0.2, 0.25) is 15.9 Å². The van der Waals surface area contributed by atoms with Crippen molar-refractivity contribution in [2.45, 2.75) is 36.6 Å². The third-order valence-electron chi connectivity index (χ3n) is 6.18. The van der Waals surface area contributed by atoms with Crippen molar-refractivity contribution in [2.24, 2.45) is 11.1 Å². The van der Waals surface area contributed by atoms with E-state index in [0.29, 0.717) is 40.2 Å². The van der Waals surface area contributed by atoms with Gasteiger partial charge in [-0.25, -0.2) is 13.6 Å². The summed E-state index contributed by atoms with van der Waals surface area (Å²) in [5.74, 6) is -0.760. The van der Waals surface area contributed by atoms with E-state index in [1.807, 2.05) is 0 Å². The van der Waals surface area contributed by atoms with Crippen LogP contribution in [0.5, 0.6) is 0 Å². The molecule has 0 bridgehead atoms. The van der Waals surface area contributed by atoms with E-state index in [9.17, 15) is 18.0 Å². The fourth-order valence-electron chi connectivity index (χ4n) is 4.39. The number of nitrogens with two attached hydrogens (primary N) is 1. The summed E-state index contributed by atoms with van der Waals surface area (Å²) in [4.78, 5) is 25.9. The van der Waals surface area contributed by atoms with E-state index in [4.69, 9.17) is 16.7 Å². The number of nitrogens with one attached hydrogen (secondary N) is 2.